The van der Waals surface area contributed by atoms with Crippen LogP contribution in [0.1, 0.15) is 15.9 Å². The highest BCUT2D eigenvalue weighted by atomic mass is 19.3. The van der Waals surface area contributed by atoms with Gasteiger partial charge in [0.05, 0.1) is 0 Å². The van der Waals surface area contributed by atoms with Gasteiger partial charge in [0.25, 0.3) is 5.56 Å². The van der Waals surface area contributed by atoms with Gasteiger partial charge in [-0.25, -0.2) is 4.79 Å². The van der Waals surface area contributed by atoms with Gasteiger partial charge in [-0.3, -0.25) is 18.7 Å². The van der Waals surface area contributed by atoms with E-state index in [1.807, 2.05) is 0 Å². The fourth-order valence-corrected chi connectivity index (χ4v) is 2.27. The van der Waals surface area contributed by atoms with E-state index in [1.54, 1.807) is 6.07 Å². The van der Waals surface area contributed by atoms with Crippen molar-refractivity contribution in [3.8, 4) is 11.8 Å². The number of hydrogen-bond donors (Lipinski definition) is 1. The molecule has 0 aliphatic rings. The Morgan fingerprint density at radius 2 is 1.81 bits per heavy atom. The zero-order chi connectivity index (χ0) is 20.3. The van der Waals surface area contributed by atoms with Gasteiger partial charge in [-0.2, -0.15) is 14.0 Å². The second-order valence-electron chi connectivity index (χ2n) is 5.41. The van der Waals surface area contributed by atoms with Crippen LogP contribution in [0.2, 0.25) is 0 Å². The van der Waals surface area contributed by atoms with Crippen LogP contribution in [-0.2, 0) is 14.1 Å². The molecule has 0 aliphatic carbocycles. The summed E-state index contributed by atoms with van der Waals surface area (Å²) >= 11 is 0. The van der Waals surface area contributed by atoms with Crippen molar-refractivity contribution in [2.24, 2.45) is 14.1 Å². The number of Topliss-reactive ketones (excluding diaryl/α,β-unsaturated/α-hetero) is 1. The second kappa shape index (κ2) is 7.65. The van der Waals surface area contributed by atoms with Gasteiger partial charge in [0.2, 0.25) is 5.78 Å². The average Bonchev–Trinajstić information content (AvgIpc) is 2.63. The number of nitrogens with zero attached hydrogens (tertiary/aromatic N) is 3. The number of halogens is 2. The van der Waals surface area contributed by atoms with Crippen LogP contribution in [0.15, 0.2) is 39.4 Å². The number of carbonyl (C=O) groups is 1. The number of ether oxygens (including phenoxy) is 1. The molecule has 10 heteroatoms. The summed E-state index contributed by atoms with van der Waals surface area (Å²) in [7, 11) is 2.46. The molecule has 0 bridgehead atoms. The molecule has 2 aromatic rings. The predicted octanol–water partition coefficient (Wildman–Crippen LogP) is 1.06. The van der Waals surface area contributed by atoms with Gasteiger partial charge in [0.1, 0.15) is 28.8 Å². The number of anilines is 1. The van der Waals surface area contributed by atoms with E-state index >= 15 is 0 Å². The highest BCUT2D eigenvalue weighted by Gasteiger charge is 2.23. The van der Waals surface area contributed by atoms with Gasteiger partial charge in [-0.15, -0.1) is 0 Å². The molecule has 27 heavy (non-hydrogen) atoms. The molecular formula is C17H14F2N4O4. The third-order valence-corrected chi connectivity index (χ3v) is 3.72. The van der Waals surface area contributed by atoms with Gasteiger partial charge < -0.3 is 10.5 Å². The number of nitriles is 1. The molecule has 0 fully saturated rings. The number of rotatable bonds is 5. The number of allylic oxidation sites excluding steroid dienone is 1. The lowest BCUT2D eigenvalue weighted by molar-refractivity contribution is -0.0498. The lowest BCUT2D eigenvalue weighted by Gasteiger charge is -2.10. The third kappa shape index (κ3) is 3.92. The van der Waals surface area contributed by atoms with Crippen LogP contribution in [0.25, 0.3) is 6.08 Å². The summed E-state index contributed by atoms with van der Waals surface area (Å²) in [6.07, 6.45) is 1.17. The molecule has 0 aliphatic heterocycles. The minimum atomic E-state index is -2.98. The zero-order valence-electron chi connectivity index (χ0n) is 14.3. The Kier molecular flexibility index (Phi) is 5.55. The summed E-state index contributed by atoms with van der Waals surface area (Å²) in [5.74, 6) is -1.42. The molecule has 2 rings (SSSR count). The quantitative estimate of drug-likeness (QED) is 0.473. The fourth-order valence-electron chi connectivity index (χ4n) is 2.27. The molecule has 140 valence electrons. The van der Waals surface area contributed by atoms with Crippen LogP contribution < -0.4 is 21.7 Å². The van der Waals surface area contributed by atoms with Gasteiger partial charge in [0.15, 0.2) is 0 Å². The summed E-state index contributed by atoms with van der Waals surface area (Å²) in [5, 5.41) is 9.29. The minimum absolute atomic E-state index is 0.0943. The number of ketones is 1. The molecule has 1 heterocycles. The Bertz CT molecular complexity index is 1080. The summed E-state index contributed by atoms with van der Waals surface area (Å²) in [6.45, 7) is -2.98. The lowest BCUT2D eigenvalue weighted by Crippen LogP contribution is -2.41. The molecule has 0 spiro atoms. The molecule has 0 saturated heterocycles. The van der Waals surface area contributed by atoms with E-state index in [2.05, 4.69) is 4.74 Å². The molecule has 1 aromatic heterocycles. The maximum atomic E-state index is 12.6. The van der Waals surface area contributed by atoms with Crippen molar-refractivity contribution in [2.75, 3.05) is 5.73 Å². The Balaban J connectivity index is 2.49. The third-order valence-electron chi connectivity index (χ3n) is 3.72. The summed E-state index contributed by atoms with van der Waals surface area (Å²) in [4.78, 5) is 36.7. The van der Waals surface area contributed by atoms with Crippen LogP contribution in [0.4, 0.5) is 14.6 Å². The standard InChI is InChI=1S/C17H14F2N4O4/c1-22-14(21)12(15(25)23(2)17(22)26)13(24)10(8-20)7-9-3-5-11(6-4-9)27-16(18)19/h3-7,16H,21H2,1-2H3/b10-7+. The fraction of sp³-hybridized carbons (Fsp3) is 0.176. The topological polar surface area (TPSA) is 120 Å². The van der Waals surface area contributed by atoms with E-state index in [9.17, 15) is 28.4 Å². The number of benzene rings is 1. The van der Waals surface area contributed by atoms with Crippen molar-refractivity contribution in [3.63, 3.8) is 0 Å². The summed E-state index contributed by atoms with van der Waals surface area (Å²) in [6, 6.07) is 6.84. The van der Waals surface area contributed by atoms with Crippen LogP contribution in [0.3, 0.4) is 0 Å². The van der Waals surface area contributed by atoms with Crippen LogP contribution in [0, 0.1) is 11.3 Å². The first kappa shape index (κ1) is 19.6. The molecule has 1 aromatic carbocycles. The average molecular weight is 376 g/mol. The number of nitrogens with two attached hydrogens (primary N) is 1. The Morgan fingerprint density at radius 3 is 2.33 bits per heavy atom. The molecular weight excluding hydrogens is 362 g/mol. The van der Waals surface area contributed by atoms with Crippen molar-refractivity contribution in [1.29, 1.82) is 5.26 Å². The second-order valence-corrected chi connectivity index (χ2v) is 5.41. The molecule has 0 atom stereocenters. The van der Waals surface area contributed by atoms with E-state index < -0.39 is 34.8 Å². The Hall–Kier alpha value is -3.74. The van der Waals surface area contributed by atoms with Gasteiger partial charge in [-0.1, -0.05) is 12.1 Å². The highest BCUT2D eigenvalue weighted by Crippen LogP contribution is 2.18. The summed E-state index contributed by atoms with van der Waals surface area (Å²) in [5.41, 5.74) is 3.47. The monoisotopic (exact) mass is 376 g/mol. The minimum Gasteiger partial charge on any atom is -0.435 e. The smallest absolute Gasteiger partial charge is 0.387 e. The van der Waals surface area contributed by atoms with Crippen molar-refractivity contribution in [2.45, 2.75) is 6.61 Å². The van der Waals surface area contributed by atoms with Crippen molar-refractivity contribution in [1.82, 2.24) is 9.13 Å². The normalized spacial score (nSPS) is 11.3. The SMILES string of the molecule is Cn1c(N)c(C(=O)/C(C#N)=C/c2ccc(OC(F)F)cc2)c(=O)n(C)c1=O. The summed E-state index contributed by atoms with van der Waals surface area (Å²) < 4.78 is 30.1. The number of carbonyl (C=O) groups excluding carboxylic acids is 1. The zero-order valence-corrected chi connectivity index (χ0v) is 14.3. The van der Waals surface area contributed by atoms with E-state index in [4.69, 9.17) is 5.73 Å². The Labute approximate surface area is 151 Å². The highest BCUT2D eigenvalue weighted by molar-refractivity contribution is 6.16. The largest absolute Gasteiger partial charge is 0.435 e. The number of aromatic nitrogens is 2. The van der Waals surface area contributed by atoms with Crippen LogP contribution >= 0.6 is 0 Å². The van der Waals surface area contributed by atoms with Crippen molar-refractivity contribution in [3.05, 3.63) is 61.8 Å². The van der Waals surface area contributed by atoms with E-state index in [0.29, 0.717) is 10.1 Å². The van der Waals surface area contributed by atoms with Crippen molar-refractivity contribution < 1.29 is 18.3 Å². The molecule has 0 radical (unpaired) electrons. The van der Waals surface area contributed by atoms with Crippen molar-refractivity contribution >= 4 is 17.7 Å². The maximum Gasteiger partial charge on any atom is 0.387 e. The number of nitrogen functional groups attached to an aromatic ring is 1. The number of alkyl halides is 2. The van der Waals surface area contributed by atoms with E-state index in [0.717, 1.165) is 4.57 Å². The first-order valence-electron chi connectivity index (χ1n) is 7.44. The van der Waals surface area contributed by atoms with E-state index in [-0.39, 0.29) is 11.6 Å². The Morgan fingerprint density at radius 1 is 1.22 bits per heavy atom. The van der Waals surface area contributed by atoms with Crippen LogP contribution in [-0.4, -0.2) is 21.5 Å². The first-order chi connectivity index (χ1) is 12.7. The molecule has 0 unspecified atom stereocenters. The molecule has 0 saturated carbocycles. The van der Waals surface area contributed by atoms with Gasteiger partial charge >= 0.3 is 12.3 Å². The predicted molar refractivity (Wildman–Crippen MR) is 92.3 cm³/mol. The maximum absolute atomic E-state index is 12.6. The van der Waals surface area contributed by atoms with Gasteiger partial charge in [-0.05, 0) is 23.8 Å². The molecule has 2 N–H and O–H groups in total. The lowest BCUT2D eigenvalue weighted by atomic mass is 10.0. The van der Waals surface area contributed by atoms with Crippen LogP contribution in [0.5, 0.6) is 5.75 Å². The molecule has 8 nitrogen and oxygen atoms in total. The van der Waals surface area contributed by atoms with E-state index in [1.165, 1.54) is 44.4 Å². The van der Waals surface area contributed by atoms with Gasteiger partial charge in [0, 0.05) is 14.1 Å². The first-order valence-corrected chi connectivity index (χ1v) is 7.44. The molecule has 0 amide bonds. The number of hydrogen-bond acceptors (Lipinski definition) is 6.